The highest BCUT2D eigenvalue weighted by atomic mass is 31.2. The van der Waals surface area contributed by atoms with Gasteiger partial charge in [0, 0.05) is 11.1 Å². The fourth-order valence-electron chi connectivity index (χ4n) is 4.21. The molecule has 1 aliphatic rings. The van der Waals surface area contributed by atoms with Gasteiger partial charge in [0.15, 0.2) is 0 Å². The highest BCUT2D eigenvalue weighted by Crippen LogP contribution is 2.52. The van der Waals surface area contributed by atoms with E-state index in [1.165, 1.54) is 11.1 Å². The van der Waals surface area contributed by atoms with Crippen molar-refractivity contribution >= 4 is 19.4 Å². The number of benzene rings is 3. The second-order valence-electron chi connectivity index (χ2n) is 7.42. The van der Waals surface area contributed by atoms with Gasteiger partial charge >= 0.3 is 8.60 Å². The first-order valence-electron chi connectivity index (χ1n) is 10.6. The lowest BCUT2D eigenvalue weighted by Gasteiger charge is -2.25. The molecule has 0 N–H and O–H groups in total. The van der Waals surface area contributed by atoms with Gasteiger partial charge in [-0.3, -0.25) is 0 Å². The Balaban J connectivity index is 2.03. The quantitative estimate of drug-likeness (QED) is 0.359. The van der Waals surface area contributed by atoms with Crippen LogP contribution >= 0.6 is 8.60 Å². The van der Waals surface area contributed by atoms with E-state index in [4.69, 9.17) is 23.0 Å². The van der Waals surface area contributed by atoms with E-state index in [9.17, 15) is 0 Å². The van der Waals surface area contributed by atoms with Crippen LogP contribution in [0.2, 0.25) is 0 Å². The van der Waals surface area contributed by atoms with Crippen LogP contribution in [-0.4, -0.2) is 20.3 Å². The molecule has 0 saturated heterocycles. The van der Waals surface area contributed by atoms with Gasteiger partial charge in [-0.2, -0.15) is 0 Å². The van der Waals surface area contributed by atoms with Gasteiger partial charge in [0.05, 0.1) is 33.5 Å². The van der Waals surface area contributed by atoms with Crippen LogP contribution in [0, 0.1) is 13.8 Å². The maximum atomic E-state index is 6.48. The summed E-state index contributed by atoms with van der Waals surface area (Å²) < 4.78 is 29.7. The molecular formula is C25H29O5P. The number of rotatable bonds is 8. The van der Waals surface area contributed by atoms with Gasteiger partial charge in [0.1, 0.15) is 11.5 Å². The average molecular weight is 440 g/mol. The van der Waals surface area contributed by atoms with Gasteiger partial charge in [0.2, 0.25) is 0 Å². The monoisotopic (exact) mass is 440 g/mol. The largest absolute Gasteiger partial charge is 0.496 e. The van der Waals surface area contributed by atoms with Crippen LogP contribution in [-0.2, 0) is 27.0 Å². The van der Waals surface area contributed by atoms with Crippen LogP contribution in [0.15, 0.2) is 36.4 Å². The van der Waals surface area contributed by atoms with Crippen LogP contribution in [0.1, 0.15) is 36.1 Å². The van der Waals surface area contributed by atoms with Crippen molar-refractivity contribution in [1.82, 2.24) is 0 Å². The van der Waals surface area contributed by atoms with Gasteiger partial charge in [-0.05, 0) is 66.8 Å². The lowest BCUT2D eigenvalue weighted by molar-refractivity contribution is 0.134. The summed E-state index contributed by atoms with van der Waals surface area (Å²) in [6.07, 6.45) is 0. The summed E-state index contributed by atoms with van der Waals surface area (Å²) in [7, 11) is 0.191. The standard InChI is InChI=1S/C25H29O5P/c1-6-28-31(29-7-2)30-25-17(4)21-15-27-14-20(21)16(3)23(25)24-19-11-9-8-10-18(19)12-13-22(24)26-5/h8-13H,6-7,14-15H2,1-5H3. The van der Waals surface area contributed by atoms with Gasteiger partial charge in [-0.25, -0.2) is 0 Å². The summed E-state index contributed by atoms with van der Waals surface area (Å²) >= 11 is 0. The number of methoxy groups -OCH3 is 1. The normalized spacial score (nSPS) is 13.1. The number of hydrogen-bond acceptors (Lipinski definition) is 5. The Bertz CT molecular complexity index is 1090. The fourth-order valence-corrected chi connectivity index (χ4v) is 5.19. The van der Waals surface area contributed by atoms with Crippen LogP contribution in [0.5, 0.6) is 11.5 Å². The van der Waals surface area contributed by atoms with Crippen molar-refractivity contribution in [2.75, 3.05) is 20.3 Å². The van der Waals surface area contributed by atoms with Crippen LogP contribution < -0.4 is 9.26 Å². The molecule has 0 fully saturated rings. The number of fused-ring (bicyclic) bond motifs is 2. The highest BCUT2D eigenvalue weighted by molar-refractivity contribution is 7.42. The van der Waals surface area contributed by atoms with Crippen LogP contribution in [0.3, 0.4) is 0 Å². The molecule has 31 heavy (non-hydrogen) atoms. The zero-order valence-electron chi connectivity index (χ0n) is 18.8. The lowest BCUT2D eigenvalue weighted by Crippen LogP contribution is -2.05. The Morgan fingerprint density at radius 3 is 2.23 bits per heavy atom. The van der Waals surface area contributed by atoms with Crippen molar-refractivity contribution in [2.24, 2.45) is 0 Å². The molecule has 5 nitrogen and oxygen atoms in total. The Morgan fingerprint density at radius 2 is 1.55 bits per heavy atom. The third kappa shape index (κ3) is 4.04. The first-order chi connectivity index (χ1) is 15.1. The summed E-state index contributed by atoms with van der Waals surface area (Å²) in [6, 6.07) is 12.5. The molecule has 0 amide bonds. The zero-order valence-corrected chi connectivity index (χ0v) is 19.7. The van der Waals surface area contributed by atoms with Gasteiger partial charge in [0.25, 0.3) is 0 Å². The third-order valence-electron chi connectivity index (χ3n) is 5.70. The van der Waals surface area contributed by atoms with Crippen molar-refractivity contribution < 1.29 is 23.0 Å². The molecule has 3 aromatic carbocycles. The molecule has 1 aliphatic heterocycles. The number of hydrogen-bond donors (Lipinski definition) is 0. The number of ether oxygens (including phenoxy) is 2. The summed E-state index contributed by atoms with van der Waals surface area (Å²) in [5.41, 5.74) is 6.67. The second kappa shape index (κ2) is 9.54. The summed E-state index contributed by atoms with van der Waals surface area (Å²) in [5, 5.41) is 2.26. The van der Waals surface area contributed by atoms with Crippen molar-refractivity contribution in [3.05, 3.63) is 58.7 Å². The van der Waals surface area contributed by atoms with Gasteiger partial charge in [-0.15, -0.1) is 0 Å². The average Bonchev–Trinajstić information content (AvgIpc) is 3.28. The maximum absolute atomic E-state index is 6.48. The SMILES string of the molecule is CCOP(OCC)Oc1c(C)c2c(c(C)c1-c1c(OC)ccc3ccccc13)COC2. The van der Waals surface area contributed by atoms with Crippen LogP contribution in [0.4, 0.5) is 0 Å². The molecule has 164 valence electrons. The molecule has 0 bridgehead atoms. The first-order valence-corrected chi connectivity index (χ1v) is 11.7. The van der Waals surface area contributed by atoms with E-state index < -0.39 is 8.60 Å². The molecule has 3 aromatic rings. The molecule has 0 unspecified atom stereocenters. The topological polar surface area (TPSA) is 46.2 Å². The third-order valence-corrected chi connectivity index (χ3v) is 6.97. The van der Waals surface area contributed by atoms with E-state index in [0.717, 1.165) is 44.5 Å². The minimum absolute atomic E-state index is 0.519. The highest BCUT2D eigenvalue weighted by Gasteiger charge is 2.29. The molecule has 0 atom stereocenters. The Kier molecular flexibility index (Phi) is 6.78. The van der Waals surface area contributed by atoms with Gasteiger partial charge < -0.3 is 23.0 Å². The van der Waals surface area contributed by atoms with Crippen molar-refractivity contribution in [3.8, 4) is 22.6 Å². The molecule has 0 saturated carbocycles. The molecule has 1 heterocycles. The van der Waals surface area contributed by atoms with E-state index in [1.807, 2.05) is 26.0 Å². The minimum Gasteiger partial charge on any atom is -0.496 e. The second-order valence-corrected chi connectivity index (χ2v) is 8.56. The van der Waals surface area contributed by atoms with Crippen LogP contribution in [0.25, 0.3) is 21.9 Å². The van der Waals surface area contributed by atoms with Crippen molar-refractivity contribution in [2.45, 2.75) is 40.9 Å². The Hall–Kier alpha value is -2.17. The Morgan fingerprint density at radius 1 is 0.871 bits per heavy atom. The minimum atomic E-state index is -1.52. The summed E-state index contributed by atoms with van der Waals surface area (Å²) in [4.78, 5) is 0. The summed E-state index contributed by atoms with van der Waals surface area (Å²) in [6.45, 7) is 10.4. The smallest absolute Gasteiger partial charge is 0.397 e. The maximum Gasteiger partial charge on any atom is 0.397 e. The molecule has 4 rings (SSSR count). The molecule has 0 aromatic heterocycles. The lowest BCUT2D eigenvalue weighted by atomic mass is 9.87. The van der Waals surface area contributed by atoms with E-state index in [-0.39, 0.29) is 0 Å². The zero-order chi connectivity index (χ0) is 22.0. The van der Waals surface area contributed by atoms with Gasteiger partial charge in [-0.1, -0.05) is 30.3 Å². The van der Waals surface area contributed by atoms with E-state index in [0.29, 0.717) is 26.4 Å². The molecular weight excluding hydrogens is 411 g/mol. The van der Waals surface area contributed by atoms with Crippen molar-refractivity contribution in [3.63, 3.8) is 0 Å². The predicted octanol–water partition coefficient (Wildman–Crippen LogP) is 6.84. The predicted molar refractivity (Wildman–Crippen MR) is 125 cm³/mol. The van der Waals surface area contributed by atoms with E-state index >= 15 is 0 Å². The molecule has 6 heteroatoms. The van der Waals surface area contributed by atoms with E-state index in [2.05, 4.69) is 38.1 Å². The summed E-state index contributed by atoms with van der Waals surface area (Å²) in [5.74, 6) is 1.59. The first kappa shape index (κ1) is 22.0. The Labute approximate surface area is 185 Å². The molecule has 0 aliphatic carbocycles. The molecule has 0 spiro atoms. The fraction of sp³-hybridized carbons (Fsp3) is 0.360. The van der Waals surface area contributed by atoms with Crippen molar-refractivity contribution in [1.29, 1.82) is 0 Å². The molecule has 0 radical (unpaired) electrons. The van der Waals surface area contributed by atoms with E-state index in [1.54, 1.807) is 7.11 Å².